The molecule has 0 saturated carbocycles. The van der Waals surface area contributed by atoms with Crippen LogP contribution in [0, 0.1) is 0 Å². The topological polar surface area (TPSA) is 50.4 Å². The molecular weight excluding hydrogens is 314 g/mol. The van der Waals surface area contributed by atoms with Crippen molar-refractivity contribution in [3.8, 4) is 5.75 Å². The van der Waals surface area contributed by atoms with E-state index in [0.29, 0.717) is 6.54 Å². The van der Waals surface area contributed by atoms with E-state index < -0.39 is 6.61 Å². The lowest BCUT2D eigenvalue weighted by Crippen LogP contribution is -2.30. The Morgan fingerprint density at radius 3 is 2.64 bits per heavy atom. The number of halogens is 3. The predicted octanol–water partition coefficient (Wildman–Crippen LogP) is 2.29. The van der Waals surface area contributed by atoms with Gasteiger partial charge in [0.2, 0.25) is 5.91 Å². The highest BCUT2D eigenvalue weighted by Crippen LogP contribution is 2.15. The maximum absolute atomic E-state index is 12.0. The molecule has 1 aromatic rings. The number of amides is 1. The Morgan fingerprint density at radius 2 is 2.05 bits per heavy atom. The van der Waals surface area contributed by atoms with Gasteiger partial charge >= 0.3 is 6.61 Å². The van der Waals surface area contributed by atoms with E-state index in [2.05, 4.69) is 21.4 Å². The van der Waals surface area contributed by atoms with Crippen LogP contribution in [0.2, 0.25) is 0 Å². The van der Waals surface area contributed by atoms with Crippen LogP contribution in [-0.2, 0) is 11.2 Å². The molecule has 0 saturated heterocycles. The molecule has 0 unspecified atom stereocenters. The van der Waals surface area contributed by atoms with E-state index in [1.807, 2.05) is 0 Å². The molecule has 0 bridgehead atoms. The molecule has 4 nitrogen and oxygen atoms in total. The zero-order valence-electron chi connectivity index (χ0n) is 12.0. The Balaban J connectivity index is 0.00000242. The third-order valence-corrected chi connectivity index (χ3v) is 3.18. The molecule has 7 heteroatoms. The van der Waals surface area contributed by atoms with Gasteiger partial charge in [0.05, 0.1) is 6.42 Å². The van der Waals surface area contributed by atoms with Crippen molar-refractivity contribution >= 4 is 18.3 Å². The maximum Gasteiger partial charge on any atom is 0.387 e. The van der Waals surface area contributed by atoms with Crippen LogP contribution in [0.15, 0.2) is 35.9 Å². The lowest BCUT2D eigenvalue weighted by molar-refractivity contribution is -0.120. The standard InChI is InChI=1S/C15H18F2N2O2.ClH/c16-15(17)21-13-3-1-11(2-4-13)9-14(20)19-10-12-5-7-18-8-6-12;/h1-5,15,18H,6-10H2,(H,19,20);1H. The molecule has 1 aliphatic heterocycles. The van der Waals surface area contributed by atoms with E-state index in [1.165, 1.54) is 17.7 Å². The Kier molecular flexibility index (Phi) is 7.84. The molecule has 0 aromatic heterocycles. The number of nitrogens with one attached hydrogen (secondary N) is 2. The number of alkyl halides is 2. The molecule has 0 fully saturated rings. The van der Waals surface area contributed by atoms with Crippen molar-refractivity contribution < 1.29 is 18.3 Å². The van der Waals surface area contributed by atoms with E-state index in [-0.39, 0.29) is 30.5 Å². The molecule has 2 N–H and O–H groups in total. The monoisotopic (exact) mass is 332 g/mol. The van der Waals surface area contributed by atoms with Crippen molar-refractivity contribution in [1.82, 2.24) is 10.6 Å². The van der Waals surface area contributed by atoms with Gasteiger partial charge < -0.3 is 15.4 Å². The molecule has 22 heavy (non-hydrogen) atoms. The first-order valence-electron chi connectivity index (χ1n) is 6.82. The first-order chi connectivity index (χ1) is 10.1. The summed E-state index contributed by atoms with van der Waals surface area (Å²) in [5.74, 6) is 0.00554. The van der Waals surface area contributed by atoms with Crippen molar-refractivity contribution in [2.24, 2.45) is 0 Å². The SMILES string of the molecule is Cl.O=C(Cc1ccc(OC(F)F)cc1)NCC1=CCNCC1. The minimum absolute atomic E-state index is 0. The van der Waals surface area contributed by atoms with Gasteiger partial charge in [-0.15, -0.1) is 12.4 Å². The number of carbonyl (C=O) groups excluding carboxylic acids is 1. The lowest BCUT2D eigenvalue weighted by atomic mass is 10.1. The smallest absolute Gasteiger partial charge is 0.387 e. The van der Waals surface area contributed by atoms with E-state index >= 15 is 0 Å². The number of benzene rings is 1. The minimum Gasteiger partial charge on any atom is -0.435 e. The fraction of sp³-hybridized carbons (Fsp3) is 0.400. The molecule has 122 valence electrons. The first-order valence-corrected chi connectivity index (χ1v) is 6.82. The van der Waals surface area contributed by atoms with Crippen molar-refractivity contribution in [3.63, 3.8) is 0 Å². The van der Waals surface area contributed by atoms with Crippen LogP contribution in [0.1, 0.15) is 12.0 Å². The van der Waals surface area contributed by atoms with Crippen LogP contribution >= 0.6 is 12.4 Å². The summed E-state index contributed by atoms with van der Waals surface area (Å²) in [5, 5.41) is 6.07. The van der Waals surface area contributed by atoms with Crippen LogP contribution in [0.25, 0.3) is 0 Å². The second-order valence-electron chi connectivity index (χ2n) is 4.79. The fourth-order valence-corrected chi connectivity index (χ4v) is 2.08. The summed E-state index contributed by atoms with van der Waals surface area (Å²) in [7, 11) is 0. The van der Waals surface area contributed by atoms with Gasteiger partial charge in [-0.05, 0) is 30.7 Å². The van der Waals surface area contributed by atoms with Crippen LogP contribution < -0.4 is 15.4 Å². The summed E-state index contributed by atoms with van der Waals surface area (Å²) < 4.78 is 28.3. The number of hydrogen-bond acceptors (Lipinski definition) is 3. The highest BCUT2D eigenvalue weighted by molar-refractivity contribution is 5.85. The third-order valence-electron chi connectivity index (χ3n) is 3.18. The predicted molar refractivity (Wildman–Crippen MR) is 82.6 cm³/mol. The van der Waals surface area contributed by atoms with Crippen molar-refractivity contribution in [2.75, 3.05) is 19.6 Å². The molecule has 0 radical (unpaired) electrons. The summed E-state index contributed by atoms with van der Waals surface area (Å²) in [6.07, 6.45) is 3.25. The molecule has 1 aliphatic rings. The van der Waals surface area contributed by atoms with E-state index in [1.54, 1.807) is 12.1 Å². The summed E-state index contributed by atoms with van der Waals surface area (Å²) in [6.45, 7) is -0.491. The third kappa shape index (κ3) is 6.41. The minimum atomic E-state index is -2.84. The summed E-state index contributed by atoms with van der Waals surface area (Å²) in [6, 6.07) is 6.09. The van der Waals surface area contributed by atoms with Gasteiger partial charge in [0.1, 0.15) is 5.75 Å². The second kappa shape index (κ2) is 9.38. The van der Waals surface area contributed by atoms with Gasteiger partial charge in [-0.1, -0.05) is 23.8 Å². The zero-order chi connectivity index (χ0) is 15.1. The van der Waals surface area contributed by atoms with Gasteiger partial charge in [0.25, 0.3) is 0 Å². The van der Waals surface area contributed by atoms with Gasteiger partial charge in [0.15, 0.2) is 0 Å². The summed E-state index contributed by atoms with van der Waals surface area (Å²) >= 11 is 0. The average molecular weight is 333 g/mol. The van der Waals surface area contributed by atoms with Crippen LogP contribution in [0.5, 0.6) is 5.75 Å². The molecule has 0 aliphatic carbocycles. The molecule has 2 rings (SSSR count). The zero-order valence-corrected chi connectivity index (χ0v) is 12.8. The Hall–Kier alpha value is -1.66. The van der Waals surface area contributed by atoms with Crippen LogP contribution in [0.4, 0.5) is 8.78 Å². The van der Waals surface area contributed by atoms with Gasteiger partial charge in [-0.25, -0.2) is 0 Å². The molecular formula is C15H19ClF2N2O2. The highest BCUT2D eigenvalue weighted by atomic mass is 35.5. The van der Waals surface area contributed by atoms with E-state index in [9.17, 15) is 13.6 Å². The van der Waals surface area contributed by atoms with Crippen molar-refractivity contribution in [3.05, 3.63) is 41.5 Å². The molecule has 0 atom stereocenters. The van der Waals surface area contributed by atoms with Crippen molar-refractivity contribution in [1.29, 1.82) is 0 Å². The average Bonchev–Trinajstić information content (AvgIpc) is 2.48. The van der Waals surface area contributed by atoms with Crippen LogP contribution in [-0.4, -0.2) is 32.2 Å². The number of rotatable bonds is 6. The number of ether oxygens (including phenoxy) is 1. The number of carbonyl (C=O) groups is 1. The van der Waals surface area contributed by atoms with Crippen LogP contribution in [0.3, 0.4) is 0 Å². The summed E-state index contributed by atoms with van der Waals surface area (Å²) in [5.41, 5.74) is 1.98. The number of hydrogen-bond donors (Lipinski definition) is 2. The summed E-state index contributed by atoms with van der Waals surface area (Å²) in [4.78, 5) is 11.8. The normalized spacial score (nSPS) is 14.0. The molecule has 1 heterocycles. The van der Waals surface area contributed by atoms with Crippen molar-refractivity contribution in [2.45, 2.75) is 19.5 Å². The first kappa shape index (κ1) is 18.4. The highest BCUT2D eigenvalue weighted by Gasteiger charge is 2.08. The Morgan fingerprint density at radius 1 is 1.32 bits per heavy atom. The van der Waals surface area contributed by atoms with E-state index in [4.69, 9.17) is 0 Å². The largest absolute Gasteiger partial charge is 0.435 e. The molecule has 1 amide bonds. The molecule has 1 aromatic carbocycles. The quantitative estimate of drug-likeness (QED) is 0.786. The van der Waals surface area contributed by atoms with Gasteiger partial charge in [-0.3, -0.25) is 4.79 Å². The second-order valence-corrected chi connectivity index (χ2v) is 4.79. The van der Waals surface area contributed by atoms with Gasteiger partial charge in [0, 0.05) is 13.1 Å². The Labute approximate surface area is 134 Å². The van der Waals surface area contributed by atoms with E-state index in [0.717, 1.165) is 25.1 Å². The maximum atomic E-state index is 12.0. The van der Waals surface area contributed by atoms with Gasteiger partial charge in [-0.2, -0.15) is 8.78 Å². The fourth-order valence-electron chi connectivity index (χ4n) is 2.08. The lowest BCUT2D eigenvalue weighted by Gasteiger charge is -2.14. The molecule has 0 spiro atoms. The Bertz CT molecular complexity index is 507.